The quantitative estimate of drug-likeness (QED) is 0.849. The van der Waals surface area contributed by atoms with Crippen LogP contribution in [0.3, 0.4) is 0 Å². The number of hydrogen-bond acceptors (Lipinski definition) is 4. The molecule has 0 aliphatic heterocycles. The van der Waals surface area contributed by atoms with Gasteiger partial charge in [-0.05, 0) is 24.2 Å². The second-order valence-corrected chi connectivity index (χ2v) is 6.32. The normalized spacial score (nSPS) is 13.0. The van der Waals surface area contributed by atoms with E-state index >= 15 is 0 Å². The second-order valence-electron chi connectivity index (χ2n) is 4.76. The van der Waals surface area contributed by atoms with E-state index in [9.17, 15) is 8.42 Å². The molecule has 2 aromatic rings. The van der Waals surface area contributed by atoms with Gasteiger partial charge in [0.15, 0.2) is 0 Å². The number of nitrogens with two attached hydrogens (primary N) is 1. The number of nitrogens with one attached hydrogen (secondary N) is 1. The second kappa shape index (κ2) is 6.80. The van der Waals surface area contributed by atoms with E-state index in [1.807, 2.05) is 25.1 Å². The van der Waals surface area contributed by atoms with Crippen molar-refractivity contribution in [3.05, 3.63) is 59.9 Å². The Hall–Kier alpha value is -1.76. The third-order valence-electron chi connectivity index (χ3n) is 3.19. The molecule has 112 valence electrons. The molecule has 1 atom stereocenters. The molecule has 0 amide bonds. The molecule has 1 aromatic heterocycles. The van der Waals surface area contributed by atoms with Gasteiger partial charge < -0.3 is 5.32 Å². The van der Waals surface area contributed by atoms with E-state index in [0.29, 0.717) is 6.42 Å². The van der Waals surface area contributed by atoms with Crippen molar-refractivity contribution in [2.45, 2.75) is 24.3 Å². The minimum absolute atomic E-state index is 0.0333. The van der Waals surface area contributed by atoms with Crippen LogP contribution in [-0.4, -0.2) is 19.9 Å². The van der Waals surface area contributed by atoms with Gasteiger partial charge >= 0.3 is 0 Å². The largest absolute Gasteiger partial charge is 0.310 e. The summed E-state index contributed by atoms with van der Waals surface area (Å²) in [5, 5.41) is 8.48. The molecule has 5 nitrogen and oxygen atoms in total. The molecule has 0 spiro atoms. The van der Waals surface area contributed by atoms with Crippen LogP contribution >= 0.6 is 0 Å². The lowest BCUT2D eigenvalue weighted by molar-refractivity contribution is 0.543. The predicted octanol–water partition coefficient (Wildman–Crippen LogP) is 1.62. The van der Waals surface area contributed by atoms with Gasteiger partial charge in [0.05, 0.1) is 0 Å². The van der Waals surface area contributed by atoms with Gasteiger partial charge in [-0.3, -0.25) is 4.98 Å². The molecule has 3 N–H and O–H groups in total. The monoisotopic (exact) mass is 305 g/mol. The maximum Gasteiger partial charge on any atom is 0.239 e. The molecule has 0 saturated carbocycles. The maximum absolute atomic E-state index is 11.2. The van der Waals surface area contributed by atoms with Crippen molar-refractivity contribution in [2.24, 2.45) is 5.14 Å². The molecule has 21 heavy (non-hydrogen) atoms. The van der Waals surface area contributed by atoms with Crippen LogP contribution in [0.1, 0.15) is 24.2 Å². The van der Waals surface area contributed by atoms with Crippen molar-refractivity contribution < 1.29 is 8.42 Å². The van der Waals surface area contributed by atoms with Gasteiger partial charge in [0.2, 0.25) is 10.0 Å². The SMILES string of the molecule is CCNC(Cc1ccc(S(N)(=O)=O)cn1)c1ccccc1. The summed E-state index contributed by atoms with van der Waals surface area (Å²) in [6, 6.07) is 13.4. The van der Waals surface area contributed by atoms with E-state index in [4.69, 9.17) is 5.14 Å². The average molecular weight is 305 g/mol. The number of hydrogen-bond donors (Lipinski definition) is 2. The number of primary sulfonamides is 1. The molecule has 0 aliphatic carbocycles. The fourth-order valence-electron chi connectivity index (χ4n) is 2.15. The highest BCUT2D eigenvalue weighted by atomic mass is 32.2. The minimum atomic E-state index is -3.69. The van der Waals surface area contributed by atoms with Crippen LogP contribution in [0.25, 0.3) is 0 Å². The molecule has 1 heterocycles. The van der Waals surface area contributed by atoms with E-state index in [0.717, 1.165) is 12.2 Å². The van der Waals surface area contributed by atoms with Crippen molar-refractivity contribution in [2.75, 3.05) is 6.54 Å². The lowest BCUT2D eigenvalue weighted by atomic mass is 10.0. The van der Waals surface area contributed by atoms with Gasteiger partial charge in [-0.25, -0.2) is 13.6 Å². The molecule has 0 aliphatic rings. The molecule has 0 bridgehead atoms. The number of pyridine rings is 1. The summed E-state index contributed by atoms with van der Waals surface area (Å²) in [5.41, 5.74) is 1.99. The molecular formula is C15H19N3O2S. The van der Waals surface area contributed by atoms with Gasteiger partial charge in [-0.2, -0.15) is 0 Å². The van der Waals surface area contributed by atoms with E-state index in [1.165, 1.54) is 17.8 Å². The van der Waals surface area contributed by atoms with Crippen molar-refractivity contribution in [1.29, 1.82) is 0 Å². The van der Waals surface area contributed by atoms with E-state index in [1.54, 1.807) is 6.07 Å². The molecule has 0 fully saturated rings. The van der Waals surface area contributed by atoms with Crippen LogP contribution in [0.2, 0.25) is 0 Å². The van der Waals surface area contributed by atoms with Gasteiger partial charge in [-0.1, -0.05) is 37.3 Å². The summed E-state index contributed by atoms with van der Waals surface area (Å²) in [7, 11) is -3.69. The molecule has 0 saturated heterocycles. The van der Waals surface area contributed by atoms with Crippen molar-refractivity contribution >= 4 is 10.0 Å². The first-order chi connectivity index (χ1) is 10.0. The Bertz CT molecular complexity index is 670. The Morgan fingerprint density at radius 2 is 1.90 bits per heavy atom. The highest BCUT2D eigenvalue weighted by molar-refractivity contribution is 7.89. The Kier molecular flexibility index (Phi) is 5.06. The first kappa shape index (κ1) is 15.6. The smallest absolute Gasteiger partial charge is 0.239 e. The third kappa shape index (κ3) is 4.35. The summed E-state index contributed by atoms with van der Waals surface area (Å²) >= 11 is 0. The molecule has 0 radical (unpaired) electrons. The van der Waals surface area contributed by atoms with Gasteiger partial charge in [0.25, 0.3) is 0 Å². The van der Waals surface area contributed by atoms with Crippen molar-refractivity contribution in [1.82, 2.24) is 10.3 Å². The summed E-state index contributed by atoms with van der Waals surface area (Å²) in [5.74, 6) is 0. The number of sulfonamides is 1. The number of rotatable bonds is 6. The van der Waals surface area contributed by atoms with Crippen molar-refractivity contribution in [3.63, 3.8) is 0 Å². The third-order valence-corrected chi connectivity index (χ3v) is 4.09. The number of benzene rings is 1. The lowest BCUT2D eigenvalue weighted by Gasteiger charge is -2.18. The molecule has 1 aromatic carbocycles. The van der Waals surface area contributed by atoms with Gasteiger partial charge in [0, 0.05) is 24.4 Å². The molecule has 6 heteroatoms. The first-order valence-electron chi connectivity index (χ1n) is 6.76. The Balaban J connectivity index is 2.18. The summed E-state index contributed by atoms with van der Waals surface area (Å²) in [6.07, 6.45) is 1.99. The molecule has 2 rings (SSSR count). The summed E-state index contributed by atoms with van der Waals surface area (Å²) in [4.78, 5) is 4.23. The van der Waals surface area contributed by atoms with E-state index in [-0.39, 0.29) is 10.9 Å². The van der Waals surface area contributed by atoms with Crippen LogP contribution < -0.4 is 10.5 Å². The first-order valence-corrected chi connectivity index (χ1v) is 8.31. The van der Waals surface area contributed by atoms with Crippen LogP contribution in [0.5, 0.6) is 0 Å². The standard InChI is InChI=1S/C15H19N3O2S/c1-2-17-15(12-6-4-3-5-7-12)10-13-8-9-14(11-18-13)21(16,19)20/h3-9,11,15,17H,2,10H2,1H3,(H2,16,19,20). The molecular weight excluding hydrogens is 286 g/mol. The summed E-state index contributed by atoms with van der Waals surface area (Å²) in [6.45, 7) is 2.89. The topological polar surface area (TPSA) is 85.1 Å². The summed E-state index contributed by atoms with van der Waals surface area (Å²) < 4.78 is 22.4. The number of likely N-dealkylation sites (N-methyl/N-ethyl adjacent to an activating group) is 1. The molecule has 1 unspecified atom stereocenters. The van der Waals surface area contributed by atoms with E-state index < -0.39 is 10.0 Å². The maximum atomic E-state index is 11.2. The van der Waals surface area contributed by atoms with Gasteiger partial charge in [-0.15, -0.1) is 0 Å². The van der Waals surface area contributed by atoms with Crippen LogP contribution in [0, 0.1) is 0 Å². The van der Waals surface area contributed by atoms with Gasteiger partial charge in [0.1, 0.15) is 4.90 Å². The van der Waals surface area contributed by atoms with Crippen molar-refractivity contribution in [3.8, 4) is 0 Å². The van der Waals surface area contributed by atoms with Crippen LogP contribution in [0.15, 0.2) is 53.6 Å². The van der Waals surface area contributed by atoms with Crippen LogP contribution in [0.4, 0.5) is 0 Å². The number of aromatic nitrogens is 1. The zero-order chi connectivity index (χ0) is 15.3. The Morgan fingerprint density at radius 3 is 2.43 bits per heavy atom. The fraction of sp³-hybridized carbons (Fsp3) is 0.267. The Labute approximate surface area is 125 Å². The highest BCUT2D eigenvalue weighted by Gasteiger charge is 2.13. The zero-order valence-electron chi connectivity index (χ0n) is 11.9. The zero-order valence-corrected chi connectivity index (χ0v) is 12.7. The minimum Gasteiger partial charge on any atom is -0.310 e. The fourth-order valence-corrected chi connectivity index (χ4v) is 2.61. The average Bonchev–Trinajstić information content (AvgIpc) is 2.47. The van der Waals surface area contributed by atoms with E-state index in [2.05, 4.69) is 22.4 Å². The van der Waals surface area contributed by atoms with Crippen LogP contribution in [-0.2, 0) is 16.4 Å². The number of nitrogens with zero attached hydrogens (tertiary/aromatic N) is 1. The Morgan fingerprint density at radius 1 is 1.19 bits per heavy atom. The highest BCUT2D eigenvalue weighted by Crippen LogP contribution is 2.17. The predicted molar refractivity (Wildman–Crippen MR) is 82.2 cm³/mol. The lowest BCUT2D eigenvalue weighted by Crippen LogP contribution is -2.23.